The van der Waals surface area contributed by atoms with E-state index >= 15 is 0 Å². The van der Waals surface area contributed by atoms with Gasteiger partial charge in [-0.2, -0.15) is 0 Å². The first-order valence-corrected chi connectivity index (χ1v) is 7.65. The van der Waals surface area contributed by atoms with Gasteiger partial charge in [0.15, 0.2) is 4.96 Å². The van der Waals surface area contributed by atoms with Gasteiger partial charge < -0.3 is 4.90 Å². The van der Waals surface area contributed by atoms with E-state index in [1.165, 1.54) is 6.42 Å². The van der Waals surface area contributed by atoms with Gasteiger partial charge in [-0.3, -0.25) is 9.20 Å². The molecule has 0 saturated carbocycles. The van der Waals surface area contributed by atoms with E-state index in [0.29, 0.717) is 17.5 Å². The second kappa shape index (κ2) is 4.63. The molecule has 2 unspecified atom stereocenters. The molecule has 0 N–H and O–H groups in total. The van der Waals surface area contributed by atoms with Crippen molar-refractivity contribution in [1.29, 1.82) is 0 Å². The molecular formula is C14H19N3OS. The molecule has 0 aromatic carbocycles. The third-order valence-electron chi connectivity index (χ3n) is 3.76. The zero-order valence-corrected chi connectivity index (χ0v) is 12.4. The molecule has 1 fully saturated rings. The lowest BCUT2D eigenvalue weighted by Gasteiger charge is -2.34. The van der Waals surface area contributed by atoms with Crippen LogP contribution in [0.4, 0.5) is 0 Å². The van der Waals surface area contributed by atoms with Crippen LogP contribution in [0.2, 0.25) is 0 Å². The van der Waals surface area contributed by atoms with Crippen molar-refractivity contribution in [1.82, 2.24) is 14.3 Å². The van der Waals surface area contributed by atoms with Crippen LogP contribution in [0.25, 0.3) is 4.96 Å². The van der Waals surface area contributed by atoms with Gasteiger partial charge in [0.05, 0.1) is 0 Å². The van der Waals surface area contributed by atoms with Crippen molar-refractivity contribution in [3.63, 3.8) is 0 Å². The van der Waals surface area contributed by atoms with Gasteiger partial charge in [0, 0.05) is 30.4 Å². The van der Waals surface area contributed by atoms with Gasteiger partial charge in [-0.25, -0.2) is 4.98 Å². The maximum absolute atomic E-state index is 12.5. The van der Waals surface area contributed by atoms with Crippen molar-refractivity contribution in [2.45, 2.75) is 27.2 Å². The first kappa shape index (κ1) is 12.7. The highest BCUT2D eigenvalue weighted by molar-refractivity contribution is 7.15. The molecule has 0 aliphatic carbocycles. The number of likely N-dealkylation sites (tertiary alicyclic amines) is 1. The Bertz CT molecular complexity index is 605. The average Bonchev–Trinajstić information content (AvgIpc) is 2.90. The van der Waals surface area contributed by atoms with E-state index in [1.54, 1.807) is 11.3 Å². The number of hydrogen-bond acceptors (Lipinski definition) is 3. The minimum absolute atomic E-state index is 0.0775. The van der Waals surface area contributed by atoms with E-state index in [-0.39, 0.29) is 5.91 Å². The maximum atomic E-state index is 12.5. The summed E-state index contributed by atoms with van der Waals surface area (Å²) < 4.78 is 1.99. The number of aromatic nitrogens is 2. The number of fused-ring (bicyclic) bond motifs is 1. The van der Waals surface area contributed by atoms with Crippen molar-refractivity contribution in [2.24, 2.45) is 11.8 Å². The molecule has 19 heavy (non-hydrogen) atoms. The monoisotopic (exact) mass is 277 g/mol. The summed E-state index contributed by atoms with van der Waals surface area (Å²) in [5.41, 5.74) is 1.71. The zero-order valence-electron chi connectivity index (χ0n) is 11.6. The summed E-state index contributed by atoms with van der Waals surface area (Å²) in [6, 6.07) is 0. The van der Waals surface area contributed by atoms with Crippen molar-refractivity contribution in [3.8, 4) is 0 Å². The minimum Gasteiger partial charge on any atom is -0.337 e. The second-order valence-electron chi connectivity index (χ2n) is 5.81. The van der Waals surface area contributed by atoms with Crippen LogP contribution in [0.1, 0.15) is 36.5 Å². The lowest BCUT2D eigenvalue weighted by atomic mass is 9.92. The molecule has 0 bridgehead atoms. The molecule has 4 nitrogen and oxygen atoms in total. The number of thiazole rings is 1. The van der Waals surface area contributed by atoms with Crippen LogP contribution in [0, 0.1) is 18.8 Å². The molecule has 1 amide bonds. The highest BCUT2D eigenvalue weighted by Gasteiger charge is 2.27. The van der Waals surface area contributed by atoms with Crippen LogP contribution in [0.5, 0.6) is 0 Å². The molecule has 2 aromatic rings. The Labute approximate surface area is 117 Å². The molecule has 0 spiro atoms. The first-order valence-electron chi connectivity index (χ1n) is 6.77. The molecule has 0 radical (unpaired) electrons. The SMILES string of the molecule is Cc1csc2nc(C(=O)N3CC(C)CC(C)C3)cn12. The van der Waals surface area contributed by atoms with Gasteiger partial charge in [0.1, 0.15) is 5.69 Å². The quantitative estimate of drug-likeness (QED) is 0.804. The summed E-state index contributed by atoms with van der Waals surface area (Å²) in [6.07, 6.45) is 3.08. The van der Waals surface area contributed by atoms with Crippen molar-refractivity contribution < 1.29 is 4.79 Å². The van der Waals surface area contributed by atoms with Crippen LogP contribution in [-0.2, 0) is 0 Å². The van der Waals surface area contributed by atoms with Gasteiger partial charge in [0.25, 0.3) is 5.91 Å². The number of aryl methyl sites for hydroxylation is 1. The lowest BCUT2D eigenvalue weighted by molar-refractivity contribution is 0.0618. The Morgan fingerprint density at radius 2 is 2.05 bits per heavy atom. The number of amides is 1. The second-order valence-corrected chi connectivity index (χ2v) is 6.65. The van der Waals surface area contributed by atoms with Crippen LogP contribution >= 0.6 is 11.3 Å². The Kier molecular flexibility index (Phi) is 3.09. The predicted octanol–water partition coefficient (Wildman–Crippen LogP) is 2.82. The number of carbonyl (C=O) groups excluding carboxylic acids is 1. The fourth-order valence-electron chi connectivity index (χ4n) is 2.99. The topological polar surface area (TPSA) is 37.6 Å². The Morgan fingerprint density at radius 1 is 1.37 bits per heavy atom. The van der Waals surface area contributed by atoms with Gasteiger partial charge in [-0.1, -0.05) is 13.8 Å². The Hall–Kier alpha value is -1.36. The van der Waals surface area contributed by atoms with Crippen LogP contribution < -0.4 is 0 Å². The average molecular weight is 277 g/mol. The minimum atomic E-state index is 0.0775. The third kappa shape index (κ3) is 2.27. The Balaban J connectivity index is 1.86. The van der Waals surface area contributed by atoms with E-state index in [1.807, 2.05) is 22.4 Å². The van der Waals surface area contributed by atoms with Crippen LogP contribution in [-0.4, -0.2) is 33.3 Å². The molecule has 1 aliphatic rings. The summed E-state index contributed by atoms with van der Waals surface area (Å²) in [6.45, 7) is 8.17. The molecule has 3 heterocycles. The molecule has 2 atom stereocenters. The van der Waals surface area contributed by atoms with Crippen molar-refractivity contribution in [2.75, 3.05) is 13.1 Å². The smallest absolute Gasteiger partial charge is 0.274 e. The van der Waals surface area contributed by atoms with E-state index in [2.05, 4.69) is 24.2 Å². The van der Waals surface area contributed by atoms with Crippen LogP contribution in [0.15, 0.2) is 11.6 Å². The maximum Gasteiger partial charge on any atom is 0.274 e. The number of hydrogen-bond donors (Lipinski definition) is 0. The number of rotatable bonds is 1. The largest absolute Gasteiger partial charge is 0.337 e. The van der Waals surface area contributed by atoms with Crippen molar-refractivity contribution >= 4 is 22.2 Å². The molecule has 2 aromatic heterocycles. The summed E-state index contributed by atoms with van der Waals surface area (Å²) in [5.74, 6) is 1.24. The zero-order chi connectivity index (χ0) is 13.6. The third-order valence-corrected chi connectivity index (χ3v) is 4.72. The molecule has 102 valence electrons. The molecule has 1 aliphatic heterocycles. The summed E-state index contributed by atoms with van der Waals surface area (Å²) >= 11 is 1.58. The van der Waals surface area contributed by atoms with Gasteiger partial charge in [-0.05, 0) is 25.2 Å². The van der Waals surface area contributed by atoms with E-state index in [0.717, 1.165) is 23.7 Å². The van der Waals surface area contributed by atoms with Gasteiger partial charge in [0.2, 0.25) is 0 Å². The highest BCUT2D eigenvalue weighted by Crippen LogP contribution is 2.23. The summed E-state index contributed by atoms with van der Waals surface area (Å²) in [7, 11) is 0. The van der Waals surface area contributed by atoms with Gasteiger partial charge >= 0.3 is 0 Å². The van der Waals surface area contributed by atoms with Crippen molar-refractivity contribution in [3.05, 3.63) is 23.0 Å². The molecule has 3 rings (SSSR count). The Morgan fingerprint density at radius 3 is 2.68 bits per heavy atom. The lowest BCUT2D eigenvalue weighted by Crippen LogP contribution is -2.42. The predicted molar refractivity (Wildman–Crippen MR) is 76.7 cm³/mol. The van der Waals surface area contributed by atoms with E-state index in [4.69, 9.17) is 0 Å². The standard InChI is InChI=1S/C14H19N3OS/c1-9-4-10(2)6-16(5-9)13(18)12-7-17-11(3)8-19-14(17)15-12/h7-10H,4-6H2,1-3H3. The summed E-state index contributed by atoms with van der Waals surface area (Å²) in [4.78, 5) is 19.8. The molecular weight excluding hydrogens is 258 g/mol. The number of piperidine rings is 1. The molecule has 5 heteroatoms. The van der Waals surface area contributed by atoms with E-state index < -0.39 is 0 Å². The number of carbonyl (C=O) groups is 1. The number of imidazole rings is 1. The normalized spacial score (nSPS) is 24.1. The van der Waals surface area contributed by atoms with E-state index in [9.17, 15) is 4.79 Å². The fourth-order valence-corrected chi connectivity index (χ4v) is 3.84. The summed E-state index contributed by atoms with van der Waals surface area (Å²) in [5, 5.41) is 2.06. The highest BCUT2D eigenvalue weighted by atomic mass is 32.1. The fraction of sp³-hybridized carbons (Fsp3) is 0.571. The first-order chi connectivity index (χ1) is 9.04. The molecule has 1 saturated heterocycles. The number of nitrogens with zero attached hydrogens (tertiary/aromatic N) is 3. The van der Waals surface area contributed by atoms with Crippen LogP contribution in [0.3, 0.4) is 0 Å². The van der Waals surface area contributed by atoms with Gasteiger partial charge in [-0.15, -0.1) is 11.3 Å².